The van der Waals surface area contributed by atoms with E-state index in [2.05, 4.69) is 15.9 Å². The van der Waals surface area contributed by atoms with Gasteiger partial charge in [-0.15, -0.1) is 0 Å². The van der Waals surface area contributed by atoms with E-state index < -0.39 is 9.93 Å². The molecule has 0 aliphatic rings. The van der Waals surface area contributed by atoms with Crippen LogP contribution < -0.4 is 0 Å². The van der Waals surface area contributed by atoms with Crippen molar-refractivity contribution >= 4 is 21.9 Å². The van der Waals surface area contributed by atoms with Gasteiger partial charge in [0.15, 0.2) is 0 Å². The summed E-state index contributed by atoms with van der Waals surface area (Å²) in [5.74, 6) is -0.374. The van der Waals surface area contributed by atoms with Crippen molar-refractivity contribution in [3.05, 3.63) is 0 Å². The molecule has 0 aliphatic heterocycles. The molecule has 0 saturated heterocycles. The van der Waals surface area contributed by atoms with Crippen LogP contribution in [0.4, 0.5) is 0 Å². The molecule has 0 spiro atoms. The summed E-state index contributed by atoms with van der Waals surface area (Å²) in [5.41, 5.74) is -0.803. The highest BCUT2D eigenvalue weighted by Crippen LogP contribution is 2.21. The summed E-state index contributed by atoms with van der Waals surface area (Å²) >= 11 is 3.17. The summed E-state index contributed by atoms with van der Waals surface area (Å²) in [6.45, 7) is 6.53. The lowest BCUT2D eigenvalue weighted by atomic mass is 10.1. The zero-order valence-electron chi connectivity index (χ0n) is 7.85. The number of aliphatic hydroxyl groups excluding tert-OH is 1. The van der Waals surface area contributed by atoms with Crippen molar-refractivity contribution in [2.24, 2.45) is 0 Å². The van der Waals surface area contributed by atoms with Crippen LogP contribution in [0, 0.1) is 0 Å². The second kappa shape index (κ2) is 3.75. The van der Waals surface area contributed by atoms with E-state index in [0.29, 0.717) is 0 Å². The average Bonchev–Trinajstić information content (AvgIpc) is 1.85. The van der Waals surface area contributed by atoms with E-state index in [4.69, 9.17) is 9.84 Å². The van der Waals surface area contributed by atoms with Crippen molar-refractivity contribution in [3.63, 3.8) is 0 Å². The normalized spacial score (nSPS) is 12.8. The predicted molar refractivity (Wildman–Crippen MR) is 50.3 cm³/mol. The van der Waals surface area contributed by atoms with Gasteiger partial charge in [-0.05, 0) is 27.7 Å². The first-order chi connectivity index (χ1) is 5.19. The molecule has 72 valence electrons. The third kappa shape index (κ3) is 4.07. The average molecular weight is 239 g/mol. The topological polar surface area (TPSA) is 46.5 Å². The van der Waals surface area contributed by atoms with Crippen LogP contribution in [-0.4, -0.2) is 27.6 Å². The van der Waals surface area contributed by atoms with Gasteiger partial charge in [-0.3, -0.25) is 4.79 Å². The molecule has 0 aliphatic carbocycles. The lowest BCUT2D eigenvalue weighted by Crippen LogP contribution is -2.38. The van der Waals surface area contributed by atoms with E-state index in [9.17, 15) is 4.79 Å². The molecule has 0 saturated carbocycles. The number of esters is 1. The van der Waals surface area contributed by atoms with E-state index in [1.54, 1.807) is 27.7 Å². The largest absolute Gasteiger partial charge is 0.456 e. The van der Waals surface area contributed by atoms with Crippen molar-refractivity contribution < 1.29 is 14.6 Å². The molecular formula is C8H15BrO3. The Morgan fingerprint density at radius 3 is 2.08 bits per heavy atom. The maximum atomic E-state index is 11.3. The van der Waals surface area contributed by atoms with Gasteiger partial charge in [0, 0.05) is 0 Å². The van der Waals surface area contributed by atoms with Crippen LogP contribution in [0.3, 0.4) is 0 Å². The fourth-order valence-electron chi connectivity index (χ4n) is 0.405. The maximum absolute atomic E-state index is 11.3. The van der Waals surface area contributed by atoms with Gasteiger partial charge in [0.2, 0.25) is 0 Å². The number of rotatable bonds is 3. The van der Waals surface area contributed by atoms with E-state index >= 15 is 0 Å². The number of hydrogen-bond donors (Lipinski definition) is 1. The van der Waals surface area contributed by atoms with Crippen molar-refractivity contribution in [1.82, 2.24) is 0 Å². The molecule has 0 bridgehead atoms. The first kappa shape index (κ1) is 11.9. The second-order valence-corrected chi connectivity index (χ2v) is 5.76. The number of aliphatic hydroxyl groups is 1. The van der Waals surface area contributed by atoms with Gasteiger partial charge in [0.25, 0.3) is 0 Å². The SMILES string of the molecule is CC(C)(CO)OC(=O)C(C)(C)Br. The van der Waals surface area contributed by atoms with Crippen LogP contribution in [-0.2, 0) is 9.53 Å². The van der Waals surface area contributed by atoms with Crippen LogP contribution in [0.5, 0.6) is 0 Å². The first-order valence-corrected chi connectivity index (χ1v) is 4.51. The maximum Gasteiger partial charge on any atom is 0.322 e. The zero-order chi connectivity index (χ0) is 9.99. The number of carbonyl (C=O) groups excluding carboxylic acids is 1. The lowest BCUT2D eigenvalue weighted by molar-refractivity contribution is -0.161. The highest BCUT2D eigenvalue weighted by molar-refractivity contribution is 9.10. The molecule has 0 aromatic carbocycles. The van der Waals surface area contributed by atoms with Crippen LogP contribution in [0.1, 0.15) is 27.7 Å². The smallest absolute Gasteiger partial charge is 0.322 e. The van der Waals surface area contributed by atoms with Crippen LogP contribution in [0.15, 0.2) is 0 Å². The predicted octanol–water partition coefficient (Wildman–Crippen LogP) is 1.47. The first-order valence-electron chi connectivity index (χ1n) is 3.72. The van der Waals surface area contributed by atoms with Gasteiger partial charge in [-0.1, -0.05) is 15.9 Å². The van der Waals surface area contributed by atoms with E-state index in [1.807, 2.05) is 0 Å². The van der Waals surface area contributed by atoms with Gasteiger partial charge >= 0.3 is 5.97 Å². The van der Waals surface area contributed by atoms with Crippen molar-refractivity contribution in [2.45, 2.75) is 37.6 Å². The number of halogens is 1. The Morgan fingerprint density at radius 2 is 1.83 bits per heavy atom. The molecular weight excluding hydrogens is 224 g/mol. The quantitative estimate of drug-likeness (QED) is 0.599. The minimum absolute atomic E-state index is 0.179. The molecule has 0 radical (unpaired) electrons. The number of ether oxygens (including phenoxy) is 1. The van der Waals surface area contributed by atoms with Crippen molar-refractivity contribution in [3.8, 4) is 0 Å². The Bertz CT molecular complexity index is 170. The van der Waals surface area contributed by atoms with Gasteiger partial charge in [0.05, 0.1) is 6.61 Å². The summed E-state index contributed by atoms with van der Waals surface area (Å²) in [5, 5.41) is 8.82. The molecule has 0 fully saturated rings. The summed E-state index contributed by atoms with van der Waals surface area (Å²) in [7, 11) is 0. The summed E-state index contributed by atoms with van der Waals surface area (Å²) in [4.78, 5) is 11.3. The Balaban J connectivity index is 4.20. The molecule has 1 N–H and O–H groups in total. The second-order valence-electron chi connectivity index (χ2n) is 3.78. The Morgan fingerprint density at radius 1 is 1.42 bits per heavy atom. The summed E-state index contributed by atoms with van der Waals surface area (Å²) in [6.07, 6.45) is 0. The van der Waals surface area contributed by atoms with Crippen molar-refractivity contribution in [2.75, 3.05) is 6.61 Å². The molecule has 12 heavy (non-hydrogen) atoms. The third-order valence-corrected chi connectivity index (χ3v) is 1.56. The van der Waals surface area contributed by atoms with Crippen molar-refractivity contribution in [1.29, 1.82) is 0 Å². The van der Waals surface area contributed by atoms with Gasteiger partial charge in [0.1, 0.15) is 9.93 Å². The molecule has 0 aromatic heterocycles. The lowest BCUT2D eigenvalue weighted by Gasteiger charge is -2.26. The van der Waals surface area contributed by atoms with E-state index in [1.165, 1.54) is 0 Å². The fourth-order valence-corrected chi connectivity index (χ4v) is 0.486. The Kier molecular flexibility index (Phi) is 3.72. The number of carbonyl (C=O) groups is 1. The molecule has 0 rings (SSSR count). The Hall–Kier alpha value is -0.0900. The monoisotopic (exact) mass is 238 g/mol. The number of hydrogen-bond acceptors (Lipinski definition) is 3. The van der Waals surface area contributed by atoms with Crippen LogP contribution in [0.2, 0.25) is 0 Å². The summed E-state index contributed by atoms with van der Waals surface area (Å²) in [6, 6.07) is 0. The highest BCUT2D eigenvalue weighted by Gasteiger charge is 2.31. The molecule has 0 amide bonds. The van der Waals surface area contributed by atoms with Gasteiger partial charge in [-0.2, -0.15) is 0 Å². The minimum Gasteiger partial charge on any atom is -0.456 e. The van der Waals surface area contributed by atoms with Crippen LogP contribution in [0.25, 0.3) is 0 Å². The summed E-state index contributed by atoms with van der Waals surface area (Å²) < 4.78 is 4.32. The van der Waals surface area contributed by atoms with Gasteiger partial charge < -0.3 is 9.84 Å². The molecule has 0 heterocycles. The Labute approximate surface area is 81.2 Å². The molecule has 0 atom stereocenters. The molecule has 0 unspecified atom stereocenters. The molecule has 4 heteroatoms. The third-order valence-electron chi connectivity index (χ3n) is 1.24. The van der Waals surface area contributed by atoms with Crippen LogP contribution >= 0.6 is 15.9 Å². The van der Waals surface area contributed by atoms with E-state index in [-0.39, 0.29) is 12.6 Å². The molecule has 3 nitrogen and oxygen atoms in total. The zero-order valence-corrected chi connectivity index (χ0v) is 9.43. The standard InChI is InChI=1S/C8H15BrO3/c1-7(2,5-10)12-6(11)8(3,4)9/h10H,5H2,1-4H3. The number of alkyl halides is 1. The fraction of sp³-hybridized carbons (Fsp3) is 0.875. The molecule has 0 aromatic rings. The highest BCUT2D eigenvalue weighted by atomic mass is 79.9. The van der Waals surface area contributed by atoms with E-state index in [0.717, 1.165) is 0 Å². The minimum atomic E-state index is -0.803. The van der Waals surface area contributed by atoms with Gasteiger partial charge in [-0.25, -0.2) is 0 Å².